The van der Waals surface area contributed by atoms with Gasteiger partial charge in [-0.1, -0.05) is 5.16 Å². The third kappa shape index (κ3) is 2.22. The van der Waals surface area contributed by atoms with Crippen LogP contribution in [0.4, 0.5) is 0 Å². The number of aromatic nitrogens is 4. The summed E-state index contributed by atoms with van der Waals surface area (Å²) < 4.78 is 10.8. The molecule has 0 amide bonds. The maximum atomic E-state index is 5.91. The lowest BCUT2D eigenvalue weighted by Crippen LogP contribution is -2.40. The van der Waals surface area contributed by atoms with Gasteiger partial charge in [0.25, 0.3) is 0 Å². The van der Waals surface area contributed by atoms with Crippen molar-refractivity contribution < 1.29 is 9.26 Å². The van der Waals surface area contributed by atoms with Crippen LogP contribution in [0.25, 0.3) is 11.5 Å². The zero-order valence-electron chi connectivity index (χ0n) is 10.5. The molecular formula is C12H15N5O2. The van der Waals surface area contributed by atoms with Crippen molar-refractivity contribution in [2.45, 2.75) is 18.3 Å². The van der Waals surface area contributed by atoms with E-state index in [1.807, 2.05) is 0 Å². The van der Waals surface area contributed by atoms with Crippen LogP contribution in [-0.2, 0) is 10.2 Å². The van der Waals surface area contributed by atoms with Crippen molar-refractivity contribution in [1.82, 2.24) is 20.1 Å². The van der Waals surface area contributed by atoms with E-state index >= 15 is 0 Å². The highest BCUT2D eigenvalue weighted by molar-refractivity contribution is 5.46. The third-order valence-corrected chi connectivity index (χ3v) is 3.53. The van der Waals surface area contributed by atoms with E-state index in [9.17, 15) is 0 Å². The lowest BCUT2D eigenvalue weighted by Gasteiger charge is -2.32. The molecule has 1 aliphatic heterocycles. The molecule has 0 spiro atoms. The fourth-order valence-corrected chi connectivity index (χ4v) is 2.23. The second kappa shape index (κ2) is 5.02. The van der Waals surface area contributed by atoms with E-state index in [-0.39, 0.29) is 5.41 Å². The number of hydrogen-bond acceptors (Lipinski definition) is 7. The smallest absolute Gasteiger partial charge is 0.234 e. The Balaban J connectivity index is 1.92. The third-order valence-electron chi connectivity index (χ3n) is 3.53. The second-order valence-corrected chi connectivity index (χ2v) is 4.61. The molecule has 0 atom stereocenters. The van der Waals surface area contributed by atoms with Gasteiger partial charge in [-0.3, -0.25) is 0 Å². The molecule has 2 aromatic rings. The van der Waals surface area contributed by atoms with Crippen LogP contribution in [0.5, 0.6) is 0 Å². The minimum absolute atomic E-state index is 0.267. The topological polar surface area (TPSA) is 100.0 Å². The van der Waals surface area contributed by atoms with Crippen molar-refractivity contribution in [1.29, 1.82) is 0 Å². The van der Waals surface area contributed by atoms with Gasteiger partial charge in [0.15, 0.2) is 0 Å². The SMILES string of the molecule is NCC1(c2nc(-c3ccncn3)no2)CCOCC1. The zero-order valence-corrected chi connectivity index (χ0v) is 10.5. The number of nitrogens with two attached hydrogens (primary N) is 1. The van der Waals surface area contributed by atoms with Crippen LogP contribution in [0.1, 0.15) is 18.7 Å². The average Bonchev–Trinajstić information content (AvgIpc) is 2.99. The molecule has 0 saturated carbocycles. The van der Waals surface area contributed by atoms with Crippen molar-refractivity contribution in [2.75, 3.05) is 19.8 Å². The molecule has 3 heterocycles. The predicted octanol–water partition coefficient (Wildman–Crippen LogP) is 0.533. The molecular weight excluding hydrogens is 246 g/mol. The Labute approximate surface area is 110 Å². The number of nitrogens with zero attached hydrogens (tertiary/aromatic N) is 4. The predicted molar refractivity (Wildman–Crippen MR) is 66.1 cm³/mol. The van der Waals surface area contributed by atoms with E-state index in [0.29, 0.717) is 37.2 Å². The Morgan fingerprint density at radius 1 is 1.32 bits per heavy atom. The van der Waals surface area contributed by atoms with E-state index in [1.165, 1.54) is 6.33 Å². The molecule has 2 N–H and O–H groups in total. The lowest BCUT2D eigenvalue weighted by molar-refractivity contribution is 0.0409. The maximum absolute atomic E-state index is 5.91. The van der Waals surface area contributed by atoms with Crippen molar-refractivity contribution in [3.05, 3.63) is 24.5 Å². The van der Waals surface area contributed by atoms with Crippen LogP contribution in [0.2, 0.25) is 0 Å². The van der Waals surface area contributed by atoms with E-state index in [4.69, 9.17) is 15.0 Å². The highest BCUT2D eigenvalue weighted by Crippen LogP contribution is 2.33. The minimum atomic E-state index is -0.267. The summed E-state index contributed by atoms with van der Waals surface area (Å²) in [4.78, 5) is 12.4. The van der Waals surface area contributed by atoms with Crippen molar-refractivity contribution >= 4 is 0 Å². The van der Waals surface area contributed by atoms with Gasteiger partial charge in [0.05, 0.1) is 5.41 Å². The lowest BCUT2D eigenvalue weighted by atomic mass is 9.80. The molecule has 1 fully saturated rings. The summed E-state index contributed by atoms with van der Waals surface area (Å²) in [6, 6.07) is 1.74. The van der Waals surface area contributed by atoms with Gasteiger partial charge in [-0.2, -0.15) is 4.98 Å². The van der Waals surface area contributed by atoms with Crippen LogP contribution in [0.15, 0.2) is 23.1 Å². The Morgan fingerprint density at radius 2 is 2.16 bits per heavy atom. The molecule has 0 bridgehead atoms. The van der Waals surface area contributed by atoms with Crippen LogP contribution < -0.4 is 5.73 Å². The van der Waals surface area contributed by atoms with Gasteiger partial charge < -0.3 is 15.0 Å². The van der Waals surface area contributed by atoms with E-state index in [1.54, 1.807) is 12.3 Å². The molecule has 7 nitrogen and oxygen atoms in total. The van der Waals surface area contributed by atoms with Gasteiger partial charge in [0.2, 0.25) is 11.7 Å². The molecule has 100 valence electrons. The van der Waals surface area contributed by atoms with E-state index < -0.39 is 0 Å². The summed E-state index contributed by atoms with van der Waals surface area (Å²) in [5.41, 5.74) is 6.28. The fourth-order valence-electron chi connectivity index (χ4n) is 2.23. The van der Waals surface area contributed by atoms with Crippen LogP contribution in [0, 0.1) is 0 Å². The highest BCUT2D eigenvalue weighted by atomic mass is 16.5. The first kappa shape index (κ1) is 12.2. The normalized spacial score (nSPS) is 18.4. The molecule has 3 rings (SSSR count). The van der Waals surface area contributed by atoms with Gasteiger partial charge in [0.1, 0.15) is 12.0 Å². The van der Waals surface area contributed by atoms with Gasteiger partial charge in [-0.05, 0) is 18.9 Å². The summed E-state index contributed by atoms with van der Waals surface area (Å²) in [5, 5.41) is 3.98. The quantitative estimate of drug-likeness (QED) is 0.860. The maximum Gasteiger partial charge on any atom is 0.234 e. The molecule has 2 aromatic heterocycles. The van der Waals surface area contributed by atoms with Crippen molar-refractivity contribution in [3.8, 4) is 11.5 Å². The largest absolute Gasteiger partial charge is 0.381 e. The summed E-state index contributed by atoms with van der Waals surface area (Å²) >= 11 is 0. The summed E-state index contributed by atoms with van der Waals surface area (Å²) in [5.74, 6) is 1.05. The first-order valence-electron chi connectivity index (χ1n) is 6.22. The van der Waals surface area contributed by atoms with Gasteiger partial charge in [-0.25, -0.2) is 9.97 Å². The minimum Gasteiger partial charge on any atom is -0.381 e. The molecule has 1 saturated heterocycles. The molecule has 0 aliphatic carbocycles. The zero-order chi connectivity index (χ0) is 13.1. The summed E-state index contributed by atoms with van der Waals surface area (Å²) in [6.45, 7) is 1.81. The van der Waals surface area contributed by atoms with Crippen molar-refractivity contribution in [3.63, 3.8) is 0 Å². The van der Waals surface area contributed by atoms with Gasteiger partial charge in [-0.15, -0.1) is 0 Å². The monoisotopic (exact) mass is 261 g/mol. The van der Waals surface area contributed by atoms with Crippen molar-refractivity contribution in [2.24, 2.45) is 5.73 Å². The number of ether oxygens (including phenoxy) is 1. The van der Waals surface area contributed by atoms with Gasteiger partial charge >= 0.3 is 0 Å². The molecule has 0 radical (unpaired) electrons. The summed E-state index contributed by atoms with van der Waals surface area (Å²) in [7, 11) is 0. The van der Waals surface area contributed by atoms with E-state index in [0.717, 1.165) is 12.8 Å². The van der Waals surface area contributed by atoms with Gasteiger partial charge in [0, 0.05) is 26.0 Å². The Kier molecular flexibility index (Phi) is 3.22. The Bertz CT molecular complexity index is 536. The molecule has 7 heteroatoms. The molecule has 0 aromatic carbocycles. The summed E-state index contributed by atoms with van der Waals surface area (Å²) in [6.07, 6.45) is 4.70. The van der Waals surface area contributed by atoms with Crippen LogP contribution in [-0.4, -0.2) is 39.9 Å². The fraction of sp³-hybridized carbons (Fsp3) is 0.500. The van der Waals surface area contributed by atoms with Crippen LogP contribution in [0.3, 0.4) is 0 Å². The Morgan fingerprint density at radius 3 is 2.84 bits per heavy atom. The number of hydrogen-bond donors (Lipinski definition) is 1. The average molecular weight is 261 g/mol. The molecule has 19 heavy (non-hydrogen) atoms. The van der Waals surface area contributed by atoms with E-state index in [2.05, 4.69) is 20.1 Å². The molecule has 1 aliphatic rings. The molecule has 0 unspecified atom stereocenters. The second-order valence-electron chi connectivity index (χ2n) is 4.61. The first-order chi connectivity index (χ1) is 9.34. The standard InChI is InChI=1S/C12H15N5O2/c13-7-12(2-5-18-6-3-12)11-16-10(17-19-11)9-1-4-14-8-15-9/h1,4,8H,2-3,5-7,13H2. The first-order valence-corrected chi connectivity index (χ1v) is 6.22. The highest BCUT2D eigenvalue weighted by Gasteiger charge is 2.38. The van der Waals surface area contributed by atoms with Crippen LogP contribution >= 0.6 is 0 Å². The number of rotatable bonds is 3. The Hall–Kier alpha value is -1.86.